The van der Waals surface area contributed by atoms with E-state index in [-0.39, 0.29) is 18.4 Å². The highest BCUT2D eigenvalue weighted by Crippen LogP contribution is 2.30. The first kappa shape index (κ1) is 16.8. The van der Waals surface area contributed by atoms with Gasteiger partial charge in [-0.05, 0) is 30.7 Å². The molecule has 6 nitrogen and oxygen atoms in total. The number of methoxy groups -OCH3 is 1. The van der Waals surface area contributed by atoms with Crippen molar-refractivity contribution < 1.29 is 19.1 Å². The number of benzene rings is 2. The molecule has 130 valence electrons. The average molecular weight is 340 g/mol. The third-order valence-electron chi connectivity index (χ3n) is 4.00. The van der Waals surface area contributed by atoms with Crippen LogP contribution in [0.4, 0.5) is 11.4 Å². The number of carbonyl (C=O) groups is 2. The summed E-state index contributed by atoms with van der Waals surface area (Å²) in [6.45, 7) is 1.85. The fourth-order valence-corrected chi connectivity index (χ4v) is 2.75. The van der Waals surface area contributed by atoms with Crippen molar-refractivity contribution in [2.45, 2.75) is 19.4 Å². The summed E-state index contributed by atoms with van der Waals surface area (Å²) in [5.74, 6) is 0.743. The number of hydrogen-bond acceptors (Lipinski definition) is 4. The van der Waals surface area contributed by atoms with Crippen molar-refractivity contribution in [1.82, 2.24) is 0 Å². The van der Waals surface area contributed by atoms with E-state index in [2.05, 4.69) is 5.32 Å². The highest BCUT2D eigenvalue weighted by Gasteiger charge is 2.31. The smallest absolute Gasteiger partial charge is 0.268 e. The largest absolute Gasteiger partial charge is 0.497 e. The minimum atomic E-state index is -0.689. The maximum atomic E-state index is 13.0. The van der Waals surface area contributed by atoms with Crippen molar-refractivity contribution in [3.05, 3.63) is 48.5 Å². The molecule has 1 aliphatic rings. The lowest BCUT2D eigenvalue weighted by molar-refractivity contribution is -0.127. The lowest BCUT2D eigenvalue weighted by Gasteiger charge is -2.31. The molecule has 0 unspecified atom stereocenters. The Hall–Kier alpha value is -3.02. The zero-order chi connectivity index (χ0) is 17.8. The Morgan fingerprint density at radius 2 is 1.96 bits per heavy atom. The van der Waals surface area contributed by atoms with Crippen LogP contribution in [0.15, 0.2) is 48.5 Å². The van der Waals surface area contributed by atoms with Gasteiger partial charge in [0.05, 0.1) is 18.5 Å². The molecular formula is C19H20N2O4. The van der Waals surface area contributed by atoms with Crippen LogP contribution in [0.3, 0.4) is 0 Å². The van der Waals surface area contributed by atoms with Gasteiger partial charge in [0, 0.05) is 6.07 Å². The number of nitrogens with zero attached hydrogens (tertiary/aromatic N) is 1. The van der Waals surface area contributed by atoms with E-state index in [1.807, 2.05) is 25.1 Å². The molecule has 2 aromatic carbocycles. The number of ether oxygens (including phenoxy) is 2. The van der Waals surface area contributed by atoms with Gasteiger partial charge in [0.2, 0.25) is 5.91 Å². The fraction of sp³-hybridized carbons (Fsp3) is 0.263. The predicted molar refractivity (Wildman–Crippen MR) is 95.1 cm³/mol. The number of anilines is 2. The van der Waals surface area contributed by atoms with E-state index >= 15 is 0 Å². The molecule has 2 amide bonds. The molecule has 0 radical (unpaired) electrons. The number of para-hydroxylation sites is 2. The molecule has 6 heteroatoms. The van der Waals surface area contributed by atoms with Crippen LogP contribution in [0.1, 0.15) is 13.3 Å². The number of hydrogen-bond donors (Lipinski definition) is 1. The van der Waals surface area contributed by atoms with Crippen LogP contribution in [0.5, 0.6) is 11.5 Å². The lowest BCUT2D eigenvalue weighted by Crippen LogP contribution is -2.48. The third kappa shape index (κ3) is 3.57. The lowest BCUT2D eigenvalue weighted by atomic mass is 10.1. The van der Waals surface area contributed by atoms with Gasteiger partial charge >= 0.3 is 0 Å². The number of amides is 2. The highest BCUT2D eigenvalue weighted by atomic mass is 16.5. The van der Waals surface area contributed by atoms with Gasteiger partial charge < -0.3 is 14.8 Å². The molecule has 1 N–H and O–H groups in total. The van der Waals surface area contributed by atoms with E-state index in [1.165, 1.54) is 4.90 Å². The van der Waals surface area contributed by atoms with E-state index in [0.717, 1.165) is 0 Å². The topological polar surface area (TPSA) is 67.9 Å². The predicted octanol–water partition coefficient (Wildman–Crippen LogP) is 2.84. The first-order chi connectivity index (χ1) is 12.1. The molecule has 3 rings (SSSR count). The Bertz CT molecular complexity index is 790. The molecule has 25 heavy (non-hydrogen) atoms. The van der Waals surface area contributed by atoms with Crippen LogP contribution in [-0.4, -0.2) is 31.6 Å². The third-order valence-corrected chi connectivity index (χ3v) is 4.00. The molecule has 0 fully saturated rings. The molecule has 1 aliphatic heterocycles. The van der Waals surface area contributed by atoms with Gasteiger partial charge in [0.25, 0.3) is 5.91 Å². The molecule has 2 aromatic rings. The normalized spacial score (nSPS) is 14.3. The Morgan fingerprint density at radius 1 is 1.20 bits per heavy atom. The maximum absolute atomic E-state index is 13.0. The quantitative estimate of drug-likeness (QED) is 0.909. The molecule has 0 bridgehead atoms. The summed E-state index contributed by atoms with van der Waals surface area (Å²) in [5, 5.41) is 2.78. The highest BCUT2D eigenvalue weighted by molar-refractivity contribution is 6.11. The van der Waals surface area contributed by atoms with Gasteiger partial charge in [0.15, 0.2) is 6.10 Å². The summed E-state index contributed by atoms with van der Waals surface area (Å²) >= 11 is 0. The Labute approximate surface area is 146 Å². The molecule has 0 saturated heterocycles. The van der Waals surface area contributed by atoms with E-state index in [1.54, 1.807) is 37.4 Å². The maximum Gasteiger partial charge on any atom is 0.268 e. The number of carbonyl (C=O) groups excluding carboxylic acids is 2. The van der Waals surface area contributed by atoms with Gasteiger partial charge in [-0.1, -0.05) is 25.1 Å². The van der Waals surface area contributed by atoms with Crippen LogP contribution in [0, 0.1) is 0 Å². The molecule has 1 atom stereocenters. The molecule has 0 aliphatic carbocycles. The molecule has 0 saturated carbocycles. The Morgan fingerprint density at radius 3 is 2.72 bits per heavy atom. The summed E-state index contributed by atoms with van der Waals surface area (Å²) in [5.41, 5.74) is 1.31. The number of fused-ring (bicyclic) bond motifs is 1. The molecule has 0 aromatic heterocycles. The summed E-state index contributed by atoms with van der Waals surface area (Å²) in [4.78, 5) is 26.4. The fourth-order valence-electron chi connectivity index (χ4n) is 2.75. The second-order valence-corrected chi connectivity index (χ2v) is 5.68. The van der Waals surface area contributed by atoms with Gasteiger partial charge in [-0.3, -0.25) is 14.5 Å². The monoisotopic (exact) mass is 340 g/mol. The average Bonchev–Trinajstić information content (AvgIpc) is 2.65. The summed E-state index contributed by atoms with van der Waals surface area (Å²) in [6.07, 6.45) is -0.206. The first-order valence-corrected chi connectivity index (χ1v) is 8.13. The van der Waals surface area contributed by atoms with Gasteiger partial charge in [-0.15, -0.1) is 0 Å². The molecule has 1 heterocycles. The van der Waals surface area contributed by atoms with Crippen molar-refractivity contribution in [1.29, 1.82) is 0 Å². The van der Waals surface area contributed by atoms with Crippen molar-refractivity contribution in [2.75, 3.05) is 23.9 Å². The van der Waals surface area contributed by atoms with Crippen molar-refractivity contribution >= 4 is 23.2 Å². The van der Waals surface area contributed by atoms with Gasteiger partial charge in [-0.2, -0.15) is 0 Å². The van der Waals surface area contributed by atoms with Crippen molar-refractivity contribution in [3.8, 4) is 11.5 Å². The first-order valence-electron chi connectivity index (χ1n) is 8.13. The van der Waals surface area contributed by atoms with E-state index in [0.29, 0.717) is 29.3 Å². The second-order valence-electron chi connectivity index (χ2n) is 5.68. The standard InChI is InChI=1S/C19H20N2O4/c1-3-17(25-14-8-6-7-13(11-14)24-2)19(23)21-12-18(22)20-15-9-4-5-10-16(15)21/h4-11,17H,3,12H2,1-2H3,(H,20,22)/t17-/m0/s1. The van der Waals surface area contributed by atoms with Crippen LogP contribution in [0.2, 0.25) is 0 Å². The van der Waals surface area contributed by atoms with E-state index in [4.69, 9.17) is 9.47 Å². The van der Waals surface area contributed by atoms with Gasteiger partial charge in [0.1, 0.15) is 18.0 Å². The van der Waals surface area contributed by atoms with Crippen molar-refractivity contribution in [2.24, 2.45) is 0 Å². The summed E-state index contributed by atoms with van der Waals surface area (Å²) in [7, 11) is 1.57. The van der Waals surface area contributed by atoms with Crippen molar-refractivity contribution in [3.63, 3.8) is 0 Å². The van der Waals surface area contributed by atoms with Crippen LogP contribution < -0.4 is 19.7 Å². The zero-order valence-electron chi connectivity index (χ0n) is 14.2. The van der Waals surface area contributed by atoms with Crippen LogP contribution in [0.25, 0.3) is 0 Å². The zero-order valence-corrected chi connectivity index (χ0v) is 14.2. The van der Waals surface area contributed by atoms with Crippen LogP contribution in [-0.2, 0) is 9.59 Å². The molecule has 0 spiro atoms. The van der Waals surface area contributed by atoms with Crippen LogP contribution >= 0.6 is 0 Å². The SMILES string of the molecule is CC[C@H](Oc1cccc(OC)c1)C(=O)N1CC(=O)Nc2ccccc21. The minimum Gasteiger partial charge on any atom is -0.497 e. The van der Waals surface area contributed by atoms with E-state index < -0.39 is 6.10 Å². The Balaban J connectivity index is 1.84. The number of rotatable bonds is 5. The second kappa shape index (κ2) is 7.25. The number of nitrogens with one attached hydrogen (secondary N) is 1. The summed E-state index contributed by atoms with van der Waals surface area (Å²) < 4.78 is 11.0. The van der Waals surface area contributed by atoms with Gasteiger partial charge in [-0.25, -0.2) is 0 Å². The molecular weight excluding hydrogens is 320 g/mol. The Kier molecular flexibility index (Phi) is 4.88. The van der Waals surface area contributed by atoms with E-state index in [9.17, 15) is 9.59 Å². The minimum absolute atomic E-state index is 0.0200. The summed E-state index contributed by atoms with van der Waals surface area (Å²) in [6, 6.07) is 14.3.